The van der Waals surface area contributed by atoms with Gasteiger partial charge in [0, 0.05) is 35.9 Å². The molecule has 0 bridgehead atoms. The highest BCUT2D eigenvalue weighted by molar-refractivity contribution is 6.04. The number of rotatable bonds is 18. The number of aryl methyl sites for hydroxylation is 8. The van der Waals surface area contributed by atoms with Crippen LogP contribution in [0.1, 0.15) is 66.8 Å². The van der Waals surface area contributed by atoms with Gasteiger partial charge in [-0.3, -0.25) is 9.97 Å². The molecule has 0 unspecified atom stereocenters. The lowest BCUT2D eigenvalue weighted by Crippen LogP contribution is -2.06. The highest BCUT2D eigenvalue weighted by Gasteiger charge is 2.35. The Morgan fingerprint density at radius 3 is 0.479 bits per heavy atom. The summed E-state index contributed by atoms with van der Waals surface area (Å²) in [6, 6.07) is 125. The second-order valence-corrected chi connectivity index (χ2v) is 37.5. The summed E-state index contributed by atoms with van der Waals surface area (Å²) in [4.78, 5) is 8.96. The van der Waals surface area contributed by atoms with Crippen LogP contribution in [0.3, 0.4) is 0 Å². The predicted octanol–water partition coefficient (Wildman–Crippen LogP) is 38.7. The number of hydrogen-bond acceptors (Lipinski definition) is 2. The van der Waals surface area contributed by atoms with Gasteiger partial charge < -0.3 is 0 Å². The Hall–Kier alpha value is -17.1. The van der Waals surface area contributed by atoms with Gasteiger partial charge in [0.2, 0.25) is 0 Å². The molecule has 21 aromatic rings. The molecule has 146 heavy (non-hydrogen) atoms. The topological polar surface area (TPSA) is 25.8 Å². The number of benzene rings is 19. The van der Waals surface area contributed by atoms with Crippen LogP contribution >= 0.6 is 0 Å². The second kappa shape index (κ2) is 42.2. The molecule has 0 spiro atoms. The van der Waals surface area contributed by atoms with Gasteiger partial charge in [-0.15, -0.1) is 0 Å². The second-order valence-electron chi connectivity index (χ2n) is 37.5. The first-order chi connectivity index (χ1) is 70.8. The molecule has 0 fully saturated rings. The van der Waals surface area contributed by atoms with Crippen molar-refractivity contribution in [2.45, 2.75) is 83.1 Å². The molecule has 0 saturated carbocycles. The van der Waals surface area contributed by atoms with E-state index in [0.717, 1.165) is 11.1 Å². The molecule has 2 aromatic heterocycles. The third-order valence-electron chi connectivity index (χ3n) is 28.2. The SMILES string of the molecule is Cc1cc(C)c(-c2cc(-c3ccccc3)c(-c3c(C)cc(C)c(-c4ccccc4)c3C)cc2-c2ccccc2)c(C)c1-c1ccccc1.Cc1cc(C)c(-c2cc(-c3ccccc3)c(-c3c(C)cc(C)c(-c4cccnc4)c3C)cc2-c2ccccc2)c(C)c1-c1cccnc1.Fc1c(F)c(-c2ccccc2)c(F)c(-c2cc(-c3ccccc3)c(-c3c(F)c(F)c(F)c(-c4ccccc4)c3F)cc2-c2ccccc2)c1F. The largest absolute Gasteiger partial charge is 0.264 e. The minimum atomic E-state index is -1.94. The molecule has 19 aromatic carbocycles. The molecule has 714 valence electrons. The molecule has 0 saturated heterocycles. The number of halogens is 8. The third kappa shape index (κ3) is 18.8. The predicted molar refractivity (Wildman–Crippen MR) is 589 cm³/mol. The van der Waals surface area contributed by atoms with Crippen molar-refractivity contribution in [3.05, 3.63) is 526 Å². The van der Waals surface area contributed by atoms with E-state index in [-0.39, 0.29) is 44.5 Å². The van der Waals surface area contributed by atoms with Gasteiger partial charge in [-0.2, -0.15) is 0 Å². The number of hydrogen-bond donors (Lipinski definition) is 0. The zero-order valence-corrected chi connectivity index (χ0v) is 83.2. The zero-order chi connectivity index (χ0) is 102. The summed E-state index contributed by atoms with van der Waals surface area (Å²) in [6.45, 7) is 27.1. The van der Waals surface area contributed by atoms with E-state index in [1.165, 1.54) is 274 Å². The van der Waals surface area contributed by atoms with Crippen LogP contribution in [0, 0.1) is 130 Å². The fourth-order valence-corrected chi connectivity index (χ4v) is 22.0. The van der Waals surface area contributed by atoms with Gasteiger partial charge in [0.25, 0.3) is 0 Å². The van der Waals surface area contributed by atoms with Gasteiger partial charge in [-0.1, -0.05) is 340 Å². The van der Waals surface area contributed by atoms with E-state index >= 15 is 35.1 Å². The Morgan fingerprint density at radius 2 is 0.288 bits per heavy atom. The molecule has 0 aliphatic rings. The van der Waals surface area contributed by atoms with Gasteiger partial charge in [0.15, 0.2) is 34.9 Å². The minimum absolute atomic E-state index is 0.0621. The number of aromatic nitrogens is 2. The molecule has 21 rings (SSSR count). The Labute approximate surface area is 849 Å². The summed E-state index contributed by atoms with van der Waals surface area (Å²) < 4.78 is 127. The van der Waals surface area contributed by atoms with Crippen molar-refractivity contribution in [3.8, 4) is 200 Å². The van der Waals surface area contributed by atoms with E-state index in [1.807, 2.05) is 36.9 Å². The molecule has 0 N–H and O–H groups in total. The lowest BCUT2D eigenvalue weighted by molar-refractivity contribution is 0.440. The van der Waals surface area contributed by atoms with Crippen molar-refractivity contribution in [2.75, 3.05) is 0 Å². The Balaban J connectivity index is 0.000000138. The normalized spacial score (nSPS) is 11.2. The molecular weight excluding hydrogens is 1810 g/mol. The molecule has 0 atom stereocenters. The van der Waals surface area contributed by atoms with Crippen LogP contribution in [0.2, 0.25) is 0 Å². The standard InChI is InChI=1S/C48H42.C46H40N2.C42H22F8/c1-31-27-33(3)47(35(5)45(31)39-23-15-9-16-24-39)43-29-42(38-21-13-8-14-22-38)44(30-41(43)37-19-11-7-12-20-37)48-34(4)28-32(2)46(36(48)6)40-25-17-10-18-26-40;1-29-23-31(3)45(33(5)43(29)37-19-13-21-47-27-37)41-25-40(36-17-11-8-12-18-36)42(26-39(41)35-15-9-7-10-16-35)46-32(4)24-30(2)44(34(46)6)38-20-14-22-48-28-38;43-35-31(25-17-9-3-10-18-25)37(45)41(49)39(47)33(35)29-22-28(24-15-7-2-8-16-24)30(21-27(29)23-13-5-1-6-14-23)34-36(44)32(26-19-11-4-12-20-26)38(46)42(50)40(34)48/h7-30H,1-6H3;7-28H,1-6H3;1-22H. The monoisotopic (exact) mass is 1920 g/mol. The van der Waals surface area contributed by atoms with Crippen molar-refractivity contribution < 1.29 is 35.1 Å². The van der Waals surface area contributed by atoms with Crippen molar-refractivity contribution in [2.24, 2.45) is 0 Å². The van der Waals surface area contributed by atoms with Gasteiger partial charge in [0.05, 0.1) is 22.3 Å². The number of nitrogens with zero attached hydrogens (tertiary/aromatic N) is 2. The lowest BCUT2D eigenvalue weighted by atomic mass is 9.79. The summed E-state index contributed by atoms with van der Waals surface area (Å²) in [6.07, 6.45) is 7.65. The van der Waals surface area contributed by atoms with Crippen molar-refractivity contribution in [3.63, 3.8) is 0 Å². The lowest BCUT2D eigenvalue weighted by Gasteiger charge is -2.25. The number of pyridine rings is 2. The Kier molecular flexibility index (Phi) is 28.3. The molecule has 0 radical (unpaired) electrons. The van der Waals surface area contributed by atoms with Gasteiger partial charge in [-0.05, 0) is 365 Å². The maximum atomic E-state index is 16.6. The first-order valence-electron chi connectivity index (χ1n) is 48.9. The average molecular weight is 1920 g/mol. The van der Waals surface area contributed by atoms with Crippen LogP contribution in [0.4, 0.5) is 35.1 Å². The quantitative estimate of drug-likeness (QED) is 0.0486. The van der Waals surface area contributed by atoms with Crippen molar-refractivity contribution in [1.82, 2.24) is 9.97 Å². The van der Waals surface area contributed by atoms with E-state index in [2.05, 4.69) is 336 Å². The highest BCUT2D eigenvalue weighted by atomic mass is 19.2. The molecular formula is C136H104F8N2. The first kappa shape index (κ1) is 97.7. The fourth-order valence-electron chi connectivity index (χ4n) is 22.0. The maximum absolute atomic E-state index is 16.6. The van der Waals surface area contributed by atoms with Gasteiger partial charge >= 0.3 is 0 Å². The highest BCUT2D eigenvalue weighted by Crippen LogP contribution is 2.55. The molecule has 2 heterocycles. The average Bonchev–Trinajstić information content (AvgIpc) is 0.736. The van der Waals surface area contributed by atoms with Gasteiger partial charge in [0.1, 0.15) is 11.6 Å². The fraction of sp³-hybridized carbons (Fsp3) is 0.0882. The van der Waals surface area contributed by atoms with E-state index in [0.29, 0.717) is 0 Å². The van der Waals surface area contributed by atoms with Gasteiger partial charge in [-0.25, -0.2) is 35.1 Å². The maximum Gasteiger partial charge on any atom is 0.195 e. The van der Waals surface area contributed by atoms with Crippen LogP contribution in [-0.2, 0) is 0 Å². The molecule has 2 nitrogen and oxygen atoms in total. The van der Waals surface area contributed by atoms with E-state index in [4.69, 9.17) is 0 Å². The molecule has 0 amide bonds. The van der Waals surface area contributed by atoms with E-state index < -0.39 is 68.8 Å². The summed E-state index contributed by atoms with van der Waals surface area (Å²) in [5, 5.41) is 0. The van der Waals surface area contributed by atoms with Crippen LogP contribution in [0.25, 0.3) is 200 Å². The van der Waals surface area contributed by atoms with Crippen LogP contribution < -0.4 is 0 Å². The van der Waals surface area contributed by atoms with Crippen molar-refractivity contribution in [1.29, 1.82) is 0 Å². The zero-order valence-electron chi connectivity index (χ0n) is 83.2. The van der Waals surface area contributed by atoms with Crippen LogP contribution in [-0.4, -0.2) is 9.97 Å². The van der Waals surface area contributed by atoms with Crippen LogP contribution in [0.15, 0.2) is 413 Å². The Bertz CT molecular complexity index is 7640. The van der Waals surface area contributed by atoms with E-state index in [1.54, 1.807) is 48.5 Å². The minimum Gasteiger partial charge on any atom is -0.264 e. The van der Waals surface area contributed by atoms with Crippen LogP contribution in [0.5, 0.6) is 0 Å². The summed E-state index contributed by atoms with van der Waals surface area (Å²) >= 11 is 0. The first-order valence-corrected chi connectivity index (χ1v) is 48.9. The summed E-state index contributed by atoms with van der Waals surface area (Å²) in [5.74, 6) is -13.9. The Morgan fingerprint density at radius 1 is 0.130 bits per heavy atom. The molecule has 10 heteroatoms. The smallest absolute Gasteiger partial charge is 0.195 e. The summed E-state index contributed by atoms with van der Waals surface area (Å²) in [7, 11) is 0. The molecule has 0 aliphatic carbocycles. The summed E-state index contributed by atoms with van der Waals surface area (Å²) in [5.41, 5.74) is 41.5. The van der Waals surface area contributed by atoms with Crippen molar-refractivity contribution >= 4 is 0 Å². The third-order valence-corrected chi connectivity index (χ3v) is 28.2. The van der Waals surface area contributed by atoms with E-state index in [9.17, 15) is 0 Å². The molecule has 0 aliphatic heterocycles.